The van der Waals surface area contributed by atoms with Gasteiger partial charge in [-0.3, -0.25) is 9.59 Å². The Kier molecular flexibility index (Phi) is 6.31. The van der Waals surface area contributed by atoms with Gasteiger partial charge in [-0.1, -0.05) is 18.7 Å². The Balaban J connectivity index is 1.10. The zero-order valence-electron chi connectivity index (χ0n) is 27.9. The van der Waals surface area contributed by atoms with E-state index < -0.39 is 33.7 Å². The lowest BCUT2D eigenvalue weighted by Gasteiger charge is -2.65. The topological polar surface area (TPSA) is 86.8 Å². The molecule has 2 aliphatic carbocycles. The van der Waals surface area contributed by atoms with Crippen LogP contribution in [0.2, 0.25) is 0 Å². The number of hydrogen-bond donors (Lipinski definition) is 2. The van der Waals surface area contributed by atoms with Crippen molar-refractivity contribution in [3.8, 4) is 0 Å². The molecule has 2 spiro atoms. The molecule has 3 unspecified atom stereocenters. The molecule has 3 aliphatic heterocycles. The van der Waals surface area contributed by atoms with Gasteiger partial charge in [0.25, 0.3) is 0 Å². The van der Waals surface area contributed by atoms with Crippen molar-refractivity contribution < 1.29 is 23.1 Å². The Morgan fingerprint density at radius 1 is 1.12 bits per heavy atom. The maximum Gasteiger partial charge on any atom is 0.243 e. The highest BCUT2D eigenvalue weighted by atomic mass is 19.1. The third-order valence-corrected chi connectivity index (χ3v) is 11.3. The number of carbonyl (C=O) groups excluding carboxylic acids is 2. The maximum absolute atomic E-state index is 15.2. The summed E-state index contributed by atoms with van der Waals surface area (Å²) in [5.41, 5.74) is 3.57. The van der Waals surface area contributed by atoms with E-state index >= 15 is 4.39 Å². The summed E-state index contributed by atoms with van der Waals surface area (Å²) in [5.74, 6) is -0.208. The number of aromatic nitrogens is 1. The van der Waals surface area contributed by atoms with Gasteiger partial charge < -0.3 is 25.2 Å². The van der Waals surface area contributed by atoms with Gasteiger partial charge in [-0.05, 0) is 107 Å². The molecule has 8 nitrogen and oxygen atoms in total. The Bertz CT molecular complexity index is 2000. The van der Waals surface area contributed by atoms with Gasteiger partial charge in [-0.2, -0.15) is 0 Å². The first kappa shape index (κ1) is 30.6. The quantitative estimate of drug-likeness (QED) is 0.356. The average molecular weight is 652 g/mol. The second kappa shape index (κ2) is 9.90. The van der Waals surface area contributed by atoms with Crippen LogP contribution in [0.5, 0.6) is 0 Å². The van der Waals surface area contributed by atoms with Crippen molar-refractivity contribution in [1.82, 2.24) is 14.8 Å². The predicted molar refractivity (Wildman–Crippen MR) is 178 cm³/mol. The highest BCUT2D eigenvalue weighted by Gasteiger charge is 2.62. The van der Waals surface area contributed by atoms with E-state index in [9.17, 15) is 14.0 Å². The predicted octanol–water partition coefficient (Wildman–Crippen LogP) is 6.08. The largest absolute Gasteiger partial charge is 0.473 e. The summed E-state index contributed by atoms with van der Waals surface area (Å²) in [6.45, 7) is 14.9. The standard InChI is InChI=1S/C38H39F2N5O3/c1-21-33(48-35(3,4)5)45-20-38(12-11-27-29(38)15-25(39)16-30(27)40)44(22(2)36(21,45)6)19-31(46)42-26-10-9-23-17-37(18-24(23)14-26)28-8-7-13-41-32(28)43-34(37)47/h7-10,13-16H,2,11-12,17-20H2,1,3-6H3,(H,42,46)(H,41,43,47). The van der Waals surface area contributed by atoms with Crippen LogP contribution < -0.4 is 10.6 Å². The number of fused-ring (bicyclic) bond motifs is 6. The number of nitrogens with zero attached hydrogens (tertiary/aromatic N) is 3. The first-order valence-corrected chi connectivity index (χ1v) is 16.5. The van der Waals surface area contributed by atoms with Crippen molar-refractivity contribution in [2.75, 3.05) is 23.7 Å². The number of rotatable bonds is 4. The molecule has 8 rings (SSSR count). The molecule has 1 fully saturated rings. The summed E-state index contributed by atoms with van der Waals surface area (Å²) in [6, 6.07) is 11.9. The van der Waals surface area contributed by atoms with Crippen LogP contribution in [0.3, 0.4) is 0 Å². The van der Waals surface area contributed by atoms with Gasteiger partial charge >= 0.3 is 0 Å². The third-order valence-electron chi connectivity index (χ3n) is 11.3. The molecule has 248 valence electrons. The molecule has 0 radical (unpaired) electrons. The van der Waals surface area contributed by atoms with Crippen LogP contribution in [0.15, 0.2) is 72.4 Å². The first-order valence-electron chi connectivity index (χ1n) is 16.5. The monoisotopic (exact) mass is 651 g/mol. The number of nitrogens with one attached hydrogen (secondary N) is 2. The SMILES string of the molecule is C=C1N(CC(=O)Nc2ccc3c(c2)CC2(C3)C(=O)Nc3ncccc32)C2(CCc3c(F)cc(F)cc32)CN2C(OC(C)(C)C)=C(C)C12C. The Morgan fingerprint density at radius 3 is 2.67 bits per heavy atom. The normalized spacial score (nSPS) is 26.7. The number of piperazine rings is 1. The van der Waals surface area contributed by atoms with E-state index in [0.717, 1.165) is 34.2 Å². The molecule has 4 heterocycles. The van der Waals surface area contributed by atoms with Crippen LogP contribution in [0.25, 0.3) is 0 Å². The fraction of sp³-hybridized carbons (Fsp3) is 0.395. The zero-order chi connectivity index (χ0) is 34.0. The first-order chi connectivity index (χ1) is 22.7. The summed E-state index contributed by atoms with van der Waals surface area (Å²) in [4.78, 5) is 35.6. The minimum absolute atomic E-state index is 0.0597. The van der Waals surface area contributed by atoms with Crippen LogP contribution in [-0.4, -0.2) is 50.8 Å². The highest BCUT2D eigenvalue weighted by Crippen LogP contribution is 2.58. The van der Waals surface area contributed by atoms with Crippen LogP contribution in [-0.2, 0) is 44.5 Å². The van der Waals surface area contributed by atoms with E-state index in [4.69, 9.17) is 4.74 Å². The van der Waals surface area contributed by atoms with Crippen molar-refractivity contribution in [2.24, 2.45) is 0 Å². The maximum atomic E-state index is 15.2. The number of halogens is 2. The van der Waals surface area contributed by atoms with Gasteiger partial charge in [-0.15, -0.1) is 0 Å². The van der Waals surface area contributed by atoms with E-state index in [1.54, 1.807) is 6.20 Å². The van der Waals surface area contributed by atoms with Gasteiger partial charge in [0.05, 0.1) is 17.5 Å². The van der Waals surface area contributed by atoms with Gasteiger partial charge in [0.15, 0.2) is 5.88 Å². The fourth-order valence-electron chi connectivity index (χ4n) is 8.77. The number of ether oxygens (including phenoxy) is 1. The van der Waals surface area contributed by atoms with Gasteiger partial charge in [0, 0.05) is 41.3 Å². The number of hydrogen-bond acceptors (Lipinski definition) is 6. The van der Waals surface area contributed by atoms with Crippen LogP contribution >= 0.6 is 0 Å². The lowest BCUT2D eigenvalue weighted by Crippen LogP contribution is -2.72. The molecule has 3 aromatic rings. The van der Waals surface area contributed by atoms with E-state index in [1.807, 2.05) is 62.9 Å². The molecule has 3 atom stereocenters. The lowest BCUT2D eigenvalue weighted by atomic mass is 9.72. The van der Waals surface area contributed by atoms with Crippen LogP contribution in [0.1, 0.15) is 68.9 Å². The van der Waals surface area contributed by atoms with Gasteiger partial charge in [0.1, 0.15) is 28.6 Å². The second-order valence-corrected chi connectivity index (χ2v) is 15.1. The summed E-state index contributed by atoms with van der Waals surface area (Å²) < 4.78 is 36.4. The molecule has 10 heteroatoms. The van der Waals surface area contributed by atoms with Crippen molar-refractivity contribution in [1.29, 1.82) is 0 Å². The molecule has 0 bridgehead atoms. The second-order valence-electron chi connectivity index (χ2n) is 15.1. The fourth-order valence-corrected chi connectivity index (χ4v) is 8.77. The smallest absolute Gasteiger partial charge is 0.243 e. The number of pyridine rings is 1. The average Bonchev–Trinajstić information content (AvgIpc) is 3.67. The van der Waals surface area contributed by atoms with Crippen LogP contribution in [0.4, 0.5) is 20.3 Å². The number of benzene rings is 2. The lowest BCUT2D eigenvalue weighted by molar-refractivity contribution is -0.126. The molecule has 1 saturated heterocycles. The molecular formula is C38H39F2N5O3. The van der Waals surface area contributed by atoms with Crippen molar-refractivity contribution in [3.63, 3.8) is 0 Å². The molecule has 5 aliphatic rings. The number of amides is 2. The van der Waals surface area contributed by atoms with E-state index in [0.29, 0.717) is 60.6 Å². The van der Waals surface area contributed by atoms with Gasteiger partial charge in [-0.25, -0.2) is 13.8 Å². The van der Waals surface area contributed by atoms with Crippen molar-refractivity contribution in [3.05, 3.63) is 112 Å². The number of anilines is 2. The minimum Gasteiger partial charge on any atom is -0.473 e. The molecule has 2 aromatic carbocycles. The molecule has 0 saturated carbocycles. The zero-order valence-corrected chi connectivity index (χ0v) is 27.9. The van der Waals surface area contributed by atoms with E-state index in [1.165, 1.54) is 6.07 Å². The minimum atomic E-state index is -0.902. The summed E-state index contributed by atoms with van der Waals surface area (Å²) in [5, 5.41) is 6.01. The summed E-state index contributed by atoms with van der Waals surface area (Å²) in [6.07, 6.45) is 3.64. The molecule has 1 aromatic heterocycles. The van der Waals surface area contributed by atoms with Crippen molar-refractivity contribution >= 4 is 23.3 Å². The summed E-state index contributed by atoms with van der Waals surface area (Å²) >= 11 is 0. The Morgan fingerprint density at radius 2 is 1.90 bits per heavy atom. The van der Waals surface area contributed by atoms with Gasteiger partial charge in [0.2, 0.25) is 11.8 Å². The van der Waals surface area contributed by atoms with Crippen LogP contribution in [0, 0.1) is 11.6 Å². The van der Waals surface area contributed by atoms with E-state index in [-0.39, 0.29) is 18.4 Å². The van der Waals surface area contributed by atoms with E-state index in [2.05, 4.69) is 34.0 Å². The molecule has 2 N–H and O–H groups in total. The Hall–Kier alpha value is -4.73. The number of carbonyl (C=O) groups is 2. The van der Waals surface area contributed by atoms with Crippen molar-refractivity contribution in [2.45, 2.75) is 82.4 Å². The Labute approximate surface area is 278 Å². The molecule has 48 heavy (non-hydrogen) atoms. The molecule has 2 amide bonds. The molecular weight excluding hydrogens is 612 g/mol. The highest BCUT2D eigenvalue weighted by molar-refractivity contribution is 6.06. The third kappa shape index (κ3) is 4.13. The summed E-state index contributed by atoms with van der Waals surface area (Å²) in [7, 11) is 0.